The van der Waals surface area contributed by atoms with Crippen LogP contribution in [0.5, 0.6) is 0 Å². The summed E-state index contributed by atoms with van der Waals surface area (Å²) in [7, 11) is 0. The van der Waals surface area contributed by atoms with Crippen LogP contribution in [0.4, 0.5) is 0 Å². The van der Waals surface area contributed by atoms with Crippen molar-refractivity contribution in [3.8, 4) is 11.5 Å². The van der Waals surface area contributed by atoms with Gasteiger partial charge in [-0.1, -0.05) is 24.2 Å². The van der Waals surface area contributed by atoms with Gasteiger partial charge in [-0.15, -0.1) is 0 Å². The molecule has 0 radical (unpaired) electrons. The lowest BCUT2D eigenvalue weighted by atomic mass is 9.77. The smallest absolute Gasteiger partial charge is 0.259 e. The number of rotatable bonds is 2. The van der Waals surface area contributed by atoms with E-state index in [9.17, 15) is 0 Å². The van der Waals surface area contributed by atoms with Gasteiger partial charge in [0.2, 0.25) is 0 Å². The summed E-state index contributed by atoms with van der Waals surface area (Å²) < 4.78 is 6.45. The van der Waals surface area contributed by atoms with E-state index in [2.05, 4.69) is 33.0 Å². The van der Waals surface area contributed by atoms with Gasteiger partial charge >= 0.3 is 0 Å². The standard InChI is InChI=1S/C16H20BrN3O/c1-10-6-8-16(18,9-7-10)15-19-14(21-20-15)12-5-3-4-11(2)13(12)17/h3-5,10H,6-9,18H2,1-2H3. The molecule has 112 valence electrons. The fourth-order valence-electron chi connectivity index (χ4n) is 2.85. The third kappa shape index (κ3) is 2.77. The maximum atomic E-state index is 6.51. The monoisotopic (exact) mass is 349 g/mol. The predicted molar refractivity (Wildman–Crippen MR) is 85.7 cm³/mol. The summed E-state index contributed by atoms with van der Waals surface area (Å²) >= 11 is 3.58. The van der Waals surface area contributed by atoms with Crippen molar-refractivity contribution in [2.24, 2.45) is 11.7 Å². The van der Waals surface area contributed by atoms with E-state index in [4.69, 9.17) is 10.3 Å². The van der Waals surface area contributed by atoms with Crippen molar-refractivity contribution in [1.29, 1.82) is 0 Å². The van der Waals surface area contributed by atoms with Crippen LogP contribution in [0.2, 0.25) is 0 Å². The molecule has 2 N–H and O–H groups in total. The summed E-state index contributed by atoms with van der Waals surface area (Å²) in [6.45, 7) is 4.31. The largest absolute Gasteiger partial charge is 0.334 e. The summed E-state index contributed by atoms with van der Waals surface area (Å²) in [4.78, 5) is 4.57. The molecule has 0 aliphatic heterocycles. The minimum absolute atomic E-state index is 0.440. The summed E-state index contributed by atoms with van der Waals surface area (Å²) in [5.74, 6) is 1.90. The van der Waals surface area contributed by atoms with E-state index in [-0.39, 0.29) is 0 Å². The lowest BCUT2D eigenvalue weighted by Crippen LogP contribution is -2.41. The van der Waals surface area contributed by atoms with Crippen LogP contribution in [0.1, 0.15) is 44.0 Å². The van der Waals surface area contributed by atoms with Crippen molar-refractivity contribution in [2.45, 2.75) is 45.1 Å². The lowest BCUT2D eigenvalue weighted by molar-refractivity contribution is 0.230. The van der Waals surface area contributed by atoms with Gasteiger partial charge in [-0.3, -0.25) is 0 Å². The first kappa shape index (κ1) is 14.7. The zero-order valence-corrected chi connectivity index (χ0v) is 14.0. The summed E-state index contributed by atoms with van der Waals surface area (Å²) in [5, 5.41) is 4.15. The Hall–Kier alpha value is -1.20. The normalized spacial score (nSPS) is 26.0. The summed E-state index contributed by atoms with van der Waals surface area (Å²) in [5.41, 5.74) is 8.12. The second-order valence-electron chi connectivity index (χ2n) is 6.20. The number of nitrogens with two attached hydrogens (primary N) is 1. The Morgan fingerprint density at radius 2 is 2.05 bits per heavy atom. The van der Waals surface area contributed by atoms with Gasteiger partial charge in [0.25, 0.3) is 5.89 Å². The van der Waals surface area contributed by atoms with E-state index in [0.717, 1.165) is 47.2 Å². The molecule has 1 saturated carbocycles. The Kier molecular flexibility index (Phi) is 3.88. The number of aryl methyl sites for hydroxylation is 1. The van der Waals surface area contributed by atoms with E-state index in [1.54, 1.807) is 0 Å². The molecular weight excluding hydrogens is 330 g/mol. The minimum Gasteiger partial charge on any atom is -0.334 e. The Morgan fingerprint density at radius 3 is 2.76 bits per heavy atom. The van der Waals surface area contributed by atoms with Crippen molar-refractivity contribution in [3.05, 3.63) is 34.1 Å². The van der Waals surface area contributed by atoms with Crippen LogP contribution in [0, 0.1) is 12.8 Å². The van der Waals surface area contributed by atoms with Crippen molar-refractivity contribution in [3.63, 3.8) is 0 Å². The van der Waals surface area contributed by atoms with Crippen LogP contribution in [0.25, 0.3) is 11.5 Å². The van der Waals surface area contributed by atoms with E-state index in [1.165, 1.54) is 0 Å². The Morgan fingerprint density at radius 1 is 1.33 bits per heavy atom. The molecule has 0 saturated heterocycles. The molecule has 1 aromatic heterocycles. The first-order valence-corrected chi connectivity index (χ1v) is 8.17. The number of nitrogens with zero attached hydrogens (tertiary/aromatic N) is 2. The average Bonchev–Trinajstić information content (AvgIpc) is 2.96. The molecule has 5 heteroatoms. The maximum absolute atomic E-state index is 6.51. The van der Waals surface area contributed by atoms with E-state index in [0.29, 0.717) is 11.7 Å². The quantitative estimate of drug-likeness (QED) is 0.883. The fraction of sp³-hybridized carbons (Fsp3) is 0.500. The lowest BCUT2D eigenvalue weighted by Gasteiger charge is -2.33. The average molecular weight is 350 g/mol. The molecule has 21 heavy (non-hydrogen) atoms. The number of benzene rings is 1. The zero-order chi connectivity index (χ0) is 15.0. The highest BCUT2D eigenvalue weighted by Gasteiger charge is 2.36. The molecule has 0 bridgehead atoms. The number of aromatic nitrogens is 2. The maximum Gasteiger partial charge on any atom is 0.259 e. The topological polar surface area (TPSA) is 64.9 Å². The molecule has 1 aliphatic carbocycles. The van der Waals surface area contributed by atoms with Gasteiger partial charge in [0.05, 0.1) is 11.1 Å². The zero-order valence-electron chi connectivity index (χ0n) is 12.4. The van der Waals surface area contributed by atoms with Crippen LogP contribution in [-0.2, 0) is 5.54 Å². The first-order valence-electron chi connectivity index (χ1n) is 7.38. The van der Waals surface area contributed by atoms with Crippen LogP contribution >= 0.6 is 15.9 Å². The summed E-state index contributed by atoms with van der Waals surface area (Å²) in [6, 6.07) is 6.00. The van der Waals surface area contributed by atoms with Crippen LogP contribution in [-0.4, -0.2) is 10.1 Å². The van der Waals surface area contributed by atoms with Gasteiger partial charge in [-0.25, -0.2) is 0 Å². The highest BCUT2D eigenvalue weighted by Crippen LogP contribution is 2.37. The Labute approximate surface area is 133 Å². The predicted octanol–water partition coefficient (Wildman–Crippen LogP) is 4.17. The second kappa shape index (κ2) is 5.54. The molecule has 0 atom stereocenters. The molecule has 1 heterocycles. The van der Waals surface area contributed by atoms with E-state index < -0.39 is 5.54 Å². The molecule has 0 unspecified atom stereocenters. The van der Waals surface area contributed by atoms with Gasteiger partial charge in [0.15, 0.2) is 5.82 Å². The first-order chi connectivity index (χ1) is 9.99. The summed E-state index contributed by atoms with van der Waals surface area (Å²) in [6.07, 6.45) is 4.08. The third-order valence-electron chi connectivity index (χ3n) is 4.46. The van der Waals surface area contributed by atoms with E-state index in [1.807, 2.05) is 25.1 Å². The minimum atomic E-state index is -0.440. The molecule has 0 spiro atoms. The third-order valence-corrected chi connectivity index (χ3v) is 5.51. The molecule has 2 aromatic rings. The number of hydrogen-bond acceptors (Lipinski definition) is 4. The van der Waals surface area contributed by atoms with Gasteiger partial charge in [-0.05, 0) is 66.1 Å². The number of hydrogen-bond donors (Lipinski definition) is 1. The Bertz CT molecular complexity index is 645. The molecule has 1 aliphatic rings. The molecule has 4 nitrogen and oxygen atoms in total. The van der Waals surface area contributed by atoms with Crippen LogP contribution < -0.4 is 5.73 Å². The van der Waals surface area contributed by atoms with Crippen LogP contribution in [0.15, 0.2) is 27.2 Å². The van der Waals surface area contributed by atoms with Crippen LogP contribution in [0.3, 0.4) is 0 Å². The Balaban J connectivity index is 1.92. The highest BCUT2D eigenvalue weighted by molar-refractivity contribution is 9.10. The second-order valence-corrected chi connectivity index (χ2v) is 6.99. The molecule has 0 amide bonds. The SMILES string of the molecule is Cc1cccc(-c2nc(C3(N)CCC(C)CC3)no2)c1Br. The van der Waals surface area contributed by atoms with Crippen molar-refractivity contribution >= 4 is 15.9 Å². The molecule has 3 rings (SSSR count). The molecular formula is C16H20BrN3O. The van der Waals surface area contributed by atoms with Gasteiger partial charge in [0.1, 0.15) is 0 Å². The van der Waals surface area contributed by atoms with Gasteiger partial charge in [0, 0.05) is 4.47 Å². The highest BCUT2D eigenvalue weighted by atomic mass is 79.9. The number of halogens is 1. The fourth-order valence-corrected chi connectivity index (χ4v) is 3.28. The molecule has 1 fully saturated rings. The van der Waals surface area contributed by atoms with E-state index >= 15 is 0 Å². The van der Waals surface area contributed by atoms with Crippen molar-refractivity contribution in [2.75, 3.05) is 0 Å². The van der Waals surface area contributed by atoms with Crippen molar-refractivity contribution in [1.82, 2.24) is 10.1 Å². The van der Waals surface area contributed by atoms with Crippen molar-refractivity contribution < 1.29 is 4.52 Å². The van der Waals surface area contributed by atoms with Gasteiger partial charge < -0.3 is 10.3 Å². The molecule has 1 aromatic carbocycles. The van der Waals surface area contributed by atoms with Gasteiger partial charge in [-0.2, -0.15) is 4.98 Å².